The number of ether oxygens (including phenoxy) is 1. The molecule has 0 aromatic heterocycles. The maximum atomic E-state index is 13.2. The summed E-state index contributed by atoms with van der Waals surface area (Å²) < 4.78 is 52.7. The SMILES string of the molecule is [N-]=[N+]=NCC=Cc1cc(OC(F)(F)F)ccc1F. The molecule has 8 heteroatoms. The minimum Gasteiger partial charge on any atom is -0.406 e. The summed E-state index contributed by atoms with van der Waals surface area (Å²) in [5, 5.41) is 3.16. The molecule has 0 N–H and O–H groups in total. The average Bonchev–Trinajstić information content (AvgIpc) is 2.26. The van der Waals surface area contributed by atoms with Crippen LogP contribution >= 0.6 is 0 Å². The first-order chi connectivity index (χ1) is 8.42. The number of hydrogen-bond acceptors (Lipinski definition) is 2. The van der Waals surface area contributed by atoms with Gasteiger partial charge in [-0.15, -0.1) is 13.2 Å². The van der Waals surface area contributed by atoms with Crippen LogP contribution in [0.1, 0.15) is 5.56 Å². The number of halogens is 4. The monoisotopic (exact) mass is 261 g/mol. The van der Waals surface area contributed by atoms with Crippen molar-refractivity contribution in [1.82, 2.24) is 0 Å². The summed E-state index contributed by atoms with van der Waals surface area (Å²) in [6.07, 6.45) is -2.31. The van der Waals surface area contributed by atoms with Gasteiger partial charge in [-0.3, -0.25) is 0 Å². The van der Waals surface area contributed by atoms with E-state index in [4.69, 9.17) is 5.53 Å². The zero-order valence-corrected chi connectivity index (χ0v) is 8.86. The topological polar surface area (TPSA) is 58.0 Å². The van der Waals surface area contributed by atoms with Gasteiger partial charge in [-0.05, 0) is 23.7 Å². The molecule has 0 fully saturated rings. The van der Waals surface area contributed by atoms with Crippen LogP contribution in [-0.4, -0.2) is 12.9 Å². The summed E-state index contributed by atoms with van der Waals surface area (Å²) in [4.78, 5) is 2.46. The van der Waals surface area contributed by atoms with Crippen molar-refractivity contribution in [2.24, 2.45) is 5.11 Å². The highest BCUT2D eigenvalue weighted by Gasteiger charge is 2.31. The van der Waals surface area contributed by atoms with Crippen LogP contribution < -0.4 is 4.74 Å². The van der Waals surface area contributed by atoms with E-state index < -0.39 is 17.9 Å². The van der Waals surface area contributed by atoms with E-state index >= 15 is 0 Å². The molecule has 0 amide bonds. The Morgan fingerprint density at radius 2 is 2.11 bits per heavy atom. The van der Waals surface area contributed by atoms with Gasteiger partial charge in [-0.1, -0.05) is 17.3 Å². The molecule has 0 saturated heterocycles. The lowest BCUT2D eigenvalue weighted by Crippen LogP contribution is -2.17. The molecule has 0 saturated carbocycles. The molecule has 0 spiro atoms. The lowest BCUT2D eigenvalue weighted by Gasteiger charge is -2.09. The largest absolute Gasteiger partial charge is 0.573 e. The van der Waals surface area contributed by atoms with Crippen molar-refractivity contribution in [2.75, 3.05) is 6.54 Å². The van der Waals surface area contributed by atoms with E-state index in [1.165, 1.54) is 12.2 Å². The molecule has 0 unspecified atom stereocenters. The average molecular weight is 261 g/mol. The molecule has 0 aliphatic heterocycles. The third-order valence-corrected chi connectivity index (χ3v) is 1.75. The number of alkyl halides is 3. The molecule has 4 nitrogen and oxygen atoms in total. The minimum absolute atomic E-state index is 0.0275. The highest BCUT2D eigenvalue weighted by Crippen LogP contribution is 2.25. The van der Waals surface area contributed by atoms with Gasteiger partial charge in [-0.2, -0.15) is 0 Å². The van der Waals surface area contributed by atoms with Crippen molar-refractivity contribution in [2.45, 2.75) is 6.36 Å². The van der Waals surface area contributed by atoms with E-state index in [2.05, 4.69) is 14.8 Å². The maximum absolute atomic E-state index is 13.2. The van der Waals surface area contributed by atoms with E-state index in [0.717, 1.165) is 18.2 Å². The van der Waals surface area contributed by atoms with Crippen molar-refractivity contribution in [1.29, 1.82) is 0 Å². The normalized spacial score (nSPS) is 11.3. The van der Waals surface area contributed by atoms with E-state index in [0.29, 0.717) is 0 Å². The second kappa shape index (κ2) is 5.92. The van der Waals surface area contributed by atoms with E-state index in [9.17, 15) is 17.6 Å². The van der Waals surface area contributed by atoms with Crippen LogP contribution in [0.3, 0.4) is 0 Å². The summed E-state index contributed by atoms with van der Waals surface area (Å²) in [5.74, 6) is -1.23. The van der Waals surface area contributed by atoms with Crippen molar-refractivity contribution in [3.63, 3.8) is 0 Å². The molecule has 18 heavy (non-hydrogen) atoms. The van der Waals surface area contributed by atoms with Crippen molar-refractivity contribution in [3.05, 3.63) is 46.1 Å². The third kappa shape index (κ3) is 4.75. The highest BCUT2D eigenvalue weighted by atomic mass is 19.4. The Morgan fingerprint density at radius 3 is 2.72 bits per heavy atom. The Hall–Kier alpha value is -2.21. The summed E-state index contributed by atoms with van der Waals surface area (Å²) in [5.41, 5.74) is 7.90. The van der Waals surface area contributed by atoms with Gasteiger partial charge in [0.25, 0.3) is 0 Å². The molecular weight excluding hydrogens is 254 g/mol. The van der Waals surface area contributed by atoms with Crippen molar-refractivity contribution < 1.29 is 22.3 Å². The second-order valence-corrected chi connectivity index (χ2v) is 3.05. The Kier molecular flexibility index (Phi) is 4.56. The Labute approximate surface area is 99.1 Å². The molecule has 1 aromatic carbocycles. The smallest absolute Gasteiger partial charge is 0.406 e. The second-order valence-electron chi connectivity index (χ2n) is 3.05. The molecule has 0 aliphatic rings. The molecular formula is C10H7F4N3O. The number of rotatable bonds is 4. The number of azide groups is 1. The minimum atomic E-state index is -4.83. The molecule has 1 aromatic rings. The standard InChI is InChI=1S/C10H7F4N3O/c11-9-4-3-8(18-10(12,13)14)6-7(9)2-1-5-16-17-15/h1-4,6H,5H2. The fourth-order valence-corrected chi connectivity index (χ4v) is 1.11. The summed E-state index contributed by atoms with van der Waals surface area (Å²) in [7, 11) is 0. The highest BCUT2D eigenvalue weighted by molar-refractivity contribution is 5.52. The zero-order chi connectivity index (χ0) is 13.6. The van der Waals surface area contributed by atoms with Gasteiger partial charge in [0.1, 0.15) is 11.6 Å². The molecule has 0 heterocycles. The molecule has 0 radical (unpaired) electrons. The predicted octanol–water partition coefficient (Wildman–Crippen LogP) is 4.05. The number of hydrogen-bond donors (Lipinski definition) is 0. The first-order valence-electron chi connectivity index (χ1n) is 4.65. The van der Waals surface area contributed by atoms with Crippen LogP contribution in [0.15, 0.2) is 29.4 Å². The molecule has 0 bridgehead atoms. The van der Waals surface area contributed by atoms with Gasteiger partial charge in [-0.25, -0.2) is 4.39 Å². The van der Waals surface area contributed by atoms with Gasteiger partial charge in [0.15, 0.2) is 0 Å². The Balaban J connectivity index is 2.87. The fourth-order valence-electron chi connectivity index (χ4n) is 1.11. The molecule has 1 rings (SSSR count). The number of benzene rings is 1. The van der Waals surface area contributed by atoms with Crippen LogP contribution in [0.2, 0.25) is 0 Å². The van der Waals surface area contributed by atoms with Gasteiger partial charge in [0.2, 0.25) is 0 Å². The Morgan fingerprint density at radius 1 is 1.39 bits per heavy atom. The van der Waals surface area contributed by atoms with Crippen molar-refractivity contribution in [3.8, 4) is 5.75 Å². The predicted molar refractivity (Wildman–Crippen MR) is 56.1 cm³/mol. The number of nitrogens with zero attached hydrogens (tertiary/aromatic N) is 3. The third-order valence-electron chi connectivity index (χ3n) is 1.75. The van der Waals surface area contributed by atoms with Crippen LogP contribution in [0.5, 0.6) is 5.75 Å². The van der Waals surface area contributed by atoms with Crippen LogP contribution in [0, 0.1) is 5.82 Å². The van der Waals surface area contributed by atoms with E-state index in [1.807, 2.05) is 0 Å². The Bertz CT molecular complexity index is 492. The van der Waals surface area contributed by atoms with Crippen LogP contribution in [-0.2, 0) is 0 Å². The van der Waals surface area contributed by atoms with Crippen molar-refractivity contribution >= 4 is 6.08 Å². The lowest BCUT2D eigenvalue weighted by atomic mass is 10.2. The zero-order valence-electron chi connectivity index (χ0n) is 8.86. The van der Waals surface area contributed by atoms with Crippen LogP contribution in [0.25, 0.3) is 16.5 Å². The maximum Gasteiger partial charge on any atom is 0.573 e. The van der Waals surface area contributed by atoms with Gasteiger partial charge >= 0.3 is 6.36 Å². The molecule has 96 valence electrons. The summed E-state index contributed by atoms with van der Waals surface area (Å²) >= 11 is 0. The van der Waals surface area contributed by atoms with E-state index in [-0.39, 0.29) is 12.1 Å². The lowest BCUT2D eigenvalue weighted by molar-refractivity contribution is -0.274. The van der Waals surface area contributed by atoms with E-state index in [1.54, 1.807) is 0 Å². The first kappa shape index (κ1) is 13.9. The van der Waals surface area contributed by atoms with Gasteiger partial charge < -0.3 is 4.74 Å². The first-order valence-corrected chi connectivity index (χ1v) is 4.65. The van der Waals surface area contributed by atoms with Crippen LogP contribution in [0.4, 0.5) is 17.6 Å². The van der Waals surface area contributed by atoms with Gasteiger partial charge in [0, 0.05) is 17.0 Å². The molecule has 0 aliphatic carbocycles. The summed E-state index contributed by atoms with van der Waals surface area (Å²) in [6.45, 7) is -0.0275. The fraction of sp³-hybridized carbons (Fsp3) is 0.200. The quantitative estimate of drug-likeness (QED) is 0.349. The molecule has 0 atom stereocenters. The summed E-state index contributed by atoms with van der Waals surface area (Å²) in [6, 6.07) is 2.62. The van der Waals surface area contributed by atoms with Gasteiger partial charge in [0.05, 0.1) is 0 Å².